The average molecular weight is 440 g/mol. The van der Waals surface area contributed by atoms with Crippen molar-refractivity contribution in [1.29, 1.82) is 0 Å². The number of carbonyl (C=O) groups is 3. The number of rotatable bonds is 6. The van der Waals surface area contributed by atoms with Gasteiger partial charge in [-0.3, -0.25) is 9.69 Å². The quantitative estimate of drug-likeness (QED) is 0.693. The topological polar surface area (TPSA) is 88.2 Å². The van der Waals surface area contributed by atoms with Crippen molar-refractivity contribution >= 4 is 29.2 Å². The highest BCUT2D eigenvalue weighted by Crippen LogP contribution is 2.22. The molecule has 0 aliphatic carbocycles. The molecule has 3 rings (SSSR count). The molecule has 0 spiro atoms. The molecular formula is C24H29N3O5. The van der Waals surface area contributed by atoms with Crippen molar-refractivity contribution < 1.29 is 23.9 Å². The minimum absolute atomic E-state index is 0.172. The number of benzene rings is 2. The van der Waals surface area contributed by atoms with E-state index >= 15 is 0 Å². The maximum absolute atomic E-state index is 12.8. The van der Waals surface area contributed by atoms with Crippen molar-refractivity contribution in [2.24, 2.45) is 0 Å². The van der Waals surface area contributed by atoms with Crippen LogP contribution in [0.25, 0.3) is 0 Å². The van der Waals surface area contributed by atoms with Crippen LogP contribution in [-0.4, -0.2) is 69.2 Å². The molecule has 1 saturated heterocycles. The van der Waals surface area contributed by atoms with Gasteiger partial charge < -0.3 is 19.7 Å². The normalized spacial score (nSPS) is 16.4. The highest BCUT2D eigenvalue weighted by Gasteiger charge is 2.26. The van der Waals surface area contributed by atoms with E-state index in [2.05, 4.69) is 53.2 Å². The van der Waals surface area contributed by atoms with Crippen LogP contribution in [0.5, 0.6) is 0 Å². The smallest absolute Gasteiger partial charge is 0.339 e. The number of esters is 2. The van der Waals surface area contributed by atoms with Gasteiger partial charge in [-0.05, 0) is 44.2 Å². The van der Waals surface area contributed by atoms with E-state index < -0.39 is 11.9 Å². The van der Waals surface area contributed by atoms with Gasteiger partial charge in [0, 0.05) is 31.4 Å². The second kappa shape index (κ2) is 10.3. The number of nitrogens with one attached hydrogen (secondary N) is 1. The lowest BCUT2D eigenvalue weighted by atomic mass is 10.1. The molecule has 1 heterocycles. The van der Waals surface area contributed by atoms with Crippen LogP contribution in [0, 0.1) is 6.92 Å². The van der Waals surface area contributed by atoms with Crippen molar-refractivity contribution in [3.63, 3.8) is 0 Å². The first-order valence-electron chi connectivity index (χ1n) is 10.5. The van der Waals surface area contributed by atoms with E-state index in [1.54, 1.807) is 0 Å². The maximum Gasteiger partial charge on any atom is 0.339 e. The number of hydrogen-bond donors (Lipinski definition) is 1. The van der Waals surface area contributed by atoms with Crippen LogP contribution < -0.4 is 10.2 Å². The van der Waals surface area contributed by atoms with Crippen LogP contribution in [0.4, 0.5) is 11.4 Å². The summed E-state index contributed by atoms with van der Waals surface area (Å²) in [6, 6.07) is 13.0. The summed E-state index contributed by atoms with van der Waals surface area (Å²) in [6.07, 6.45) is 0. The standard InChI is InChI=1S/C24H29N3O5/c1-16-5-8-19(9-6-16)27-12-11-26(14-17(27)2)15-22(28)25-21-13-18(23(29)31-3)7-10-20(21)24(30)32-4/h5-10,13,17H,11-12,14-15H2,1-4H3,(H,25,28). The maximum atomic E-state index is 12.8. The van der Waals surface area contributed by atoms with Crippen LogP contribution in [0.2, 0.25) is 0 Å². The van der Waals surface area contributed by atoms with Gasteiger partial charge in [0.1, 0.15) is 0 Å². The first-order valence-corrected chi connectivity index (χ1v) is 10.5. The van der Waals surface area contributed by atoms with Crippen molar-refractivity contribution in [3.8, 4) is 0 Å². The Labute approximate surface area is 188 Å². The molecule has 1 atom stereocenters. The molecule has 32 heavy (non-hydrogen) atoms. The summed E-state index contributed by atoms with van der Waals surface area (Å²) in [6.45, 7) is 6.65. The molecule has 0 aromatic heterocycles. The van der Waals surface area contributed by atoms with E-state index in [0.29, 0.717) is 0 Å². The Bertz CT molecular complexity index is 990. The zero-order chi connectivity index (χ0) is 23.3. The largest absolute Gasteiger partial charge is 0.465 e. The lowest BCUT2D eigenvalue weighted by Gasteiger charge is -2.41. The molecule has 2 aromatic rings. The third kappa shape index (κ3) is 5.45. The van der Waals surface area contributed by atoms with Gasteiger partial charge in [0.05, 0.1) is 37.6 Å². The summed E-state index contributed by atoms with van der Waals surface area (Å²) in [5.74, 6) is -1.43. The summed E-state index contributed by atoms with van der Waals surface area (Å²) in [5.41, 5.74) is 3.02. The molecule has 1 unspecified atom stereocenters. The van der Waals surface area contributed by atoms with Gasteiger partial charge in [-0.25, -0.2) is 9.59 Å². The molecule has 2 aromatic carbocycles. The number of ether oxygens (including phenoxy) is 2. The number of piperazine rings is 1. The highest BCUT2D eigenvalue weighted by atomic mass is 16.5. The molecule has 8 nitrogen and oxygen atoms in total. The predicted molar refractivity (Wildman–Crippen MR) is 122 cm³/mol. The van der Waals surface area contributed by atoms with Crippen molar-refractivity contribution in [2.75, 3.05) is 50.6 Å². The molecule has 1 fully saturated rings. The highest BCUT2D eigenvalue weighted by molar-refractivity contribution is 6.03. The summed E-state index contributed by atoms with van der Waals surface area (Å²) in [4.78, 5) is 41.1. The number of hydrogen-bond acceptors (Lipinski definition) is 7. The molecule has 0 bridgehead atoms. The van der Waals surface area contributed by atoms with Crippen LogP contribution in [0.1, 0.15) is 33.2 Å². The molecule has 1 amide bonds. The fraction of sp³-hybridized carbons (Fsp3) is 0.375. The second-order valence-corrected chi connectivity index (χ2v) is 7.90. The molecule has 0 radical (unpaired) electrons. The minimum atomic E-state index is -0.600. The van der Waals surface area contributed by atoms with E-state index in [0.717, 1.165) is 19.6 Å². The molecule has 170 valence electrons. The van der Waals surface area contributed by atoms with E-state index in [4.69, 9.17) is 9.47 Å². The summed E-state index contributed by atoms with van der Waals surface area (Å²) < 4.78 is 9.52. The zero-order valence-electron chi connectivity index (χ0n) is 18.9. The average Bonchev–Trinajstić information content (AvgIpc) is 2.78. The zero-order valence-corrected chi connectivity index (χ0v) is 18.9. The third-order valence-corrected chi connectivity index (χ3v) is 5.56. The molecule has 1 aliphatic rings. The summed E-state index contributed by atoms with van der Waals surface area (Å²) >= 11 is 0. The Hall–Kier alpha value is -3.39. The van der Waals surface area contributed by atoms with Gasteiger partial charge in [-0.1, -0.05) is 17.7 Å². The Balaban J connectivity index is 1.66. The van der Waals surface area contributed by atoms with E-state index in [-0.39, 0.29) is 35.3 Å². The summed E-state index contributed by atoms with van der Waals surface area (Å²) in [5, 5.41) is 2.75. The van der Waals surface area contributed by atoms with Crippen LogP contribution in [0.15, 0.2) is 42.5 Å². The number of methoxy groups -OCH3 is 2. The van der Waals surface area contributed by atoms with Crippen LogP contribution in [-0.2, 0) is 14.3 Å². The Morgan fingerprint density at radius 3 is 2.31 bits per heavy atom. The number of anilines is 2. The van der Waals surface area contributed by atoms with Crippen LogP contribution >= 0.6 is 0 Å². The van der Waals surface area contributed by atoms with Gasteiger partial charge in [0.2, 0.25) is 5.91 Å². The van der Waals surface area contributed by atoms with Gasteiger partial charge in [0.15, 0.2) is 0 Å². The summed E-state index contributed by atoms with van der Waals surface area (Å²) in [7, 11) is 2.53. The molecule has 0 saturated carbocycles. The molecular weight excluding hydrogens is 410 g/mol. The van der Waals surface area contributed by atoms with E-state index in [1.807, 2.05) is 0 Å². The Morgan fingerprint density at radius 1 is 1.00 bits per heavy atom. The first kappa shape index (κ1) is 23.3. The van der Waals surface area contributed by atoms with E-state index in [9.17, 15) is 14.4 Å². The molecule has 8 heteroatoms. The lowest BCUT2D eigenvalue weighted by Crippen LogP contribution is -2.53. The Kier molecular flexibility index (Phi) is 7.48. The number of aryl methyl sites for hydroxylation is 1. The SMILES string of the molecule is COC(=O)c1ccc(C(=O)OC)c(NC(=O)CN2CCN(c3ccc(C)cc3)C(C)C2)c1. The number of nitrogens with zero attached hydrogens (tertiary/aromatic N) is 2. The number of amides is 1. The molecule has 1 N–H and O–H groups in total. The van der Waals surface area contributed by atoms with Crippen molar-refractivity contribution in [2.45, 2.75) is 19.9 Å². The van der Waals surface area contributed by atoms with Gasteiger partial charge in [-0.2, -0.15) is 0 Å². The molecule has 1 aliphatic heterocycles. The van der Waals surface area contributed by atoms with Crippen LogP contribution in [0.3, 0.4) is 0 Å². The first-order chi connectivity index (χ1) is 15.3. The van der Waals surface area contributed by atoms with Gasteiger partial charge in [0.25, 0.3) is 0 Å². The second-order valence-electron chi connectivity index (χ2n) is 7.90. The van der Waals surface area contributed by atoms with Crippen molar-refractivity contribution in [1.82, 2.24) is 4.90 Å². The Morgan fingerprint density at radius 2 is 1.69 bits per heavy atom. The monoisotopic (exact) mass is 439 g/mol. The van der Waals surface area contributed by atoms with Gasteiger partial charge >= 0.3 is 11.9 Å². The lowest BCUT2D eigenvalue weighted by molar-refractivity contribution is -0.117. The van der Waals surface area contributed by atoms with Gasteiger partial charge in [-0.15, -0.1) is 0 Å². The third-order valence-electron chi connectivity index (χ3n) is 5.56. The van der Waals surface area contributed by atoms with Crippen molar-refractivity contribution in [3.05, 3.63) is 59.2 Å². The van der Waals surface area contributed by atoms with E-state index in [1.165, 1.54) is 43.7 Å². The number of carbonyl (C=O) groups excluding carboxylic acids is 3. The fourth-order valence-electron chi connectivity index (χ4n) is 3.87. The fourth-order valence-corrected chi connectivity index (χ4v) is 3.87. The predicted octanol–water partition coefficient (Wildman–Crippen LogP) is 2.72. The minimum Gasteiger partial charge on any atom is -0.465 e.